The molecule has 0 spiro atoms. The molecule has 33 heavy (non-hydrogen) atoms. The minimum atomic E-state index is -0.262. The summed E-state index contributed by atoms with van der Waals surface area (Å²) in [5, 5.41) is 0. The summed E-state index contributed by atoms with van der Waals surface area (Å²) in [4.78, 5) is 31.1. The molecule has 5 nitrogen and oxygen atoms in total. The smallest absolute Gasteiger partial charge is 0.282 e. The number of hydrogen-bond donors (Lipinski definition) is 0. The maximum Gasteiger partial charge on any atom is 0.282 e. The number of ether oxygens (including phenoxy) is 1. The minimum absolute atomic E-state index is 0.0666. The molecule has 0 saturated carbocycles. The Hall–Kier alpha value is -3.08. The molecule has 174 valence electrons. The van der Waals surface area contributed by atoms with Crippen LogP contribution in [-0.4, -0.2) is 35.9 Å². The Morgan fingerprint density at radius 1 is 0.879 bits per heavy atom. The number of hydrogen-bond acceptors (Lipinski definition) is 4. The summed E-state index contributed by atoms with van der Waals surface area (Å²) in [5.74, 6) is 1.17. The van der Waals surface area contributed by atoms with Gasteiger partial charge in [-0.1, -0.05) is 32.0 Å². The van der Waals surface area contributed by atoms with Crippen LogP contribution in [0.3, 0.4) is 0 Å². The first-order valence-electron chi connectivity index (χ1n) is 11.9. The molecule has 2 aliphatic heterocycles. The van der Waals surface area contributed by atoms with Gasteiger partial charge >= 0.3 is 0 Å². The number of anilines is 1. The van der Waals surface area contributed by atoms with Crippen molar-refractivity contribution < 1.29 is 14.3 Å². The fourth-order valence-corrected chi connectivity index (χ4v) is 4.99. The molecule has 2 aromatic rings. The van der Waals surface area contributed by atoms with Crippen LogP contribution in [0.1, 0.15) is 50.8 Å². The third-order valence-corrected chi connectivity index (χ3v) is 6.51. The molecule has 4 rings (SSSR count). The van der Waals surface area contributed by atoms with E-state index in [9.17, 15) is 9.59 Å². The van der Waals surface area contributed by atoms with Crippen molar-refractivity contribution >= 4 is 23.1 Å². The number of carbonyl (C=O) groups excluding carboxylic acids is 2. The number of aryl methyl sites for hydroxylation is 2. The maximum absolute atomic E-state index is 13.8. The van der Waals surface area contributed by atoms with Crippen LogP contribution >= 0.6 is 0 Å². The Morgan fingerprint density at radius 2 is 1.52 bits per heavy atom. The molecule has 0 aromatic heterocycles. The van der Waals surface area contributed by atoms with E-state index in [4.69, 9.17) is 4.74 Å². The van der Waals surface area contributed by atoms with Crippen LogP contribution in [0, 0.1) is 25.7 Å². The first kappa shape index (κ1) is 23.1. The average molecular weight is 447 g/mol. The summed E-state index contributed by atoms with van der Waals surface area (Å²) in [6.45, 7) is 14.0. The summed E-state index contributed by atoms with van der Waals surface area (Å²) in [7, 11) is 0. The highest BCUT2D eigenvalue weighted by Crippen LogP contribution is 2.38. The van der Waals surface area contributed by atoms with Gasteiger partial charge in [0.2, 0.25) is 0 Å². The Balaban J connectivity index is 1.79. The second-order valence-corrected chi connectivity index (χ2v) is 9.98. The maximum atomic E-state index is 13.8. The SMILES string of the molecule is Cc1ccc(N2C(=O)C(c3ccc(OC(C)C)cc3)=C(N3CC(C)CC(C)C3)C2=O)cc1C. The zero-order valence-electron chi connectivity index (χ0n) is 20.5. The van der Waals surface area contributed by atoms with Gasteiger partial charge in [-0.2, -0.15) is 0 Å². The highest BCUT2D eigenvalue weighted by molar-refractivity contribution is 6.45. The molecule has 2 heterocycles. The number of amides is 2. The standard InChI is InChI=1S/C28H34N2O3/c1-17(2)33-24-11-8-22(9-12-24)25-26(29-15-18(3)13-19(4)16-29)28(32)30(27(25)31)23-10-7-20(5)21(6)14-23/h7-12,14,17-19H,13,15-16H2,1-6H3. The molecular weight excluding hydrogens is 412 g/mol. The number of carbonyl (C=O) groups is 2. The van der Waals surface area contributed by atoms with Gasteiger partial charge in [0.15, 0.2) is 0 Å². The quantitative estimate of drug-likeness (QED) is 0.581. The summed E-state index contributed by atoms with van der Waals surface area (Å²) in [6, 6.07) is 13.3. The van der Waals surface area contributed by atoms with Gasteiger partial charge in [0.05, 0.1) is 17.4 Å². The van der Waals surface area contributed by atoms with Gasteiger partial charge in [0.1, 0.15) is 11.4 Å². The van der Waals surface area contributed by atoms with E-state index in [1.807, 2.05) is 70.2 Å². The van der Waals surface area contributed by atoms with Crippen LogP contribution in [0.4, 0.5) is 5.69 Å². The number of rotatable bonds is 5. The van der Waals surface area contributed by atoms with Gasteiger partial charge in [-0.25, -0.2) is 4.90 Å². The zero-order valence-corrected chi connectivity index (χ0v) is 20.5. The summed E-state index contributed by atoms with van der Waals surface area (Å²) < 4.78 is 5.78. The summed E-state index contributed by atoms with van der Waals surface area (Å²) in [6.07, 6.45) is 1.19. The van der Waals surface area contributed by atoms with E-state index in [-0.39, 0.29) is 17.9 Å². The first-order valence-corrected chi connectivity index (χ1v) is 11.9. The predicted molar refractivity (Wildman–Crippen MR) is 132 cm³/mol. The summed E-state index contributed by atoms with van der Waals surface area (Å²) >= 11 is 0. The van der Waals surface area contributed by atoms with Gasteiger partial charge in [-0.15, -0.1) is 0 Å². The van der Waals surface area contributed by atoms with Crippen molar-refractivity contribution in [2.24, 2.45) is 11.8 Å². The Labute approximate surface area is 197 Å². The lowest BCUT2D eigenvalue weighted by Crippen LogP contribution is -2.42. The monoisotopic (exact) mass is 446 g/mol. The first-order chi connectivity index (χ1) is 15.7. The van der Waals surface area contributed by atoms with Crippen LogP contribution in [0.2, 0.25) is 0 Å². The molecule has 1 fully saturated rings. The highest BCUT2D eigenvalue weighted by atomic mass is 16.5. The van der Waals surface area contributed by atoms with E-state index in [0.29, 0.717) is 28.8 Å². The highest BCUT2D eigenvalue weighted by Gasteiger charge is 2.43. The van der Waals surface area contributed by atoms with Crippen molar-refractivity contribution in [3.63, 3.8) is 0 Å². The lowest BCUT2D eigenvalue weighted by atomic mass is 9.91. The molecule has 0 aliphatic carbocycles. The van der Waals surface area contributed by atoms with E-state index in [1.54, 1.807) is 0 Å². The molecule has 2 amide bonds. The van der Waals surface area contributed by atoms with Gasteiger partial charge in [-0.05, 0) is 86.9 Å². The van der Waals surface area contributed by atoms with E-state index in [1.165, 1.54) is 4.90 Å². The van der Waals surface area contributed by atoms with Crippen molar-refractivity contribution in [2.75, 3.05) is 18.0 Å². The van der Waals surface area contributed by atoms with Crippen molar-refractivity contribution in [1.82, 2.24) is 4.90 Å². The molecule has 1 saturated heterocycles. The fraction of sp³-hybridized carbons (Fsp3) is 0.429. The minimum Gasteiger partial charge on any atom is -0.491 e. The predicted octanol–water partition coefficient (Wildman–Crippen LogP) is 5.35. The van der Waals surface area contributed by atoms with Crippen LogP contribution < -0.4 is 9.64 Å². The van der Waals surface area contributed by atoms with Crippen molar-refractivity contribution in [3.05, 3.63) is 64.9 Å². The molecule has 2 aliphatic rings. The Bertz CT molecular complexity index is 1090. The number of piperidine rings is 1. The van der Waals surface area contributed by atoms with Crippen molar-refractivity contribution in [2.45, 2.75) is 54.1 Å². The van der Waals surface area contributed by atoms with Crippen LogP contribution in [0.5, 0.6) is 5.75 Å². The molecule has 2 atom stereocenters. The van der Waals surface area contributed by atoms with Gasteiger partial charge < -0.3 is 9.64 Å². The van der Waals surface area contributed by atoms with E-state index in [0.717, 1.165) is 42.0 Å². The third-order valence-electron chi connectivity index (χ3n) is 6.51. The number of imide groups is 1. The van der Waals surface area contributed by atoms with Gasteiger partial charge in [0, 0.05) is 13.1 Å². The van der Waals surface area contributed by atoms with Gasteiger partial charge in [0.25, 0.3) is 11.8 Å². The van der Waals surface area contributed by atoms with Crippen LogP contribution in [0.15, 0.2) is 48.2 Å². The number of benzene rings is 2. The van der Waals surface area contributed by atoms with Crippen molar-refractivity contribution in [3.8, 4) is 5.75 Å². The molecule has 0 bridgehead atoms. The topological polar surface area (TPSA) is 49.9 Å². The Kier molecular flexibility index (Phi) is 6.33. The normalized spacial score (nSPS) is 21.4. The van der Waals surface area contributed by atoms with Crippen LogP contribution in [0.25, 0.3) is 5.57 Å². The van der Waals surface area contributed by atoms with E-state index >= 15 is 0 Å². The largest absolute Gasteiger partial charge is 0.491 e. The molecule has 2 aromatic carbocycles. The summed E-state index contributed by atoms with van der Waals surface area (Å²) in [5.41, 5.74) is 4.56. The lowest BCUT2D eigenvalue weighted by Gasteiger charge is -2.37. The number of likely N-dealkylation sites (tertiary alicyclic amines) is 1. The van der Waals surface area contributed by atoms with E-state index < -0.39 is 0 Å². The second-order valence-electron chi connectivity index (χ2n) is 9.98. The molecule has 0 N–H and O–H groups in total. The molecule has 0 radical (unpaired) electrons. The molecular formula is C28H34N2O3. The van der Waals surface area contributed by atoms with Crippen LogP contribution in [-0.2, 0) is 9.59 Å². The third kappa shape index (κ3) is 4.54. The zero-order chi connectivity index (χ0) is 23.9. The van der Waals surface area contributed by atoms with E-state index in [2.05, 4.69) is 18.7 Å². The number of nitrogens with zero attached hydrogens (tertiary/aromatic N) is 2. The average Bonchev–Trinajstić information content (AvgIpc) is 3.00. The Morgan fingerprint density at radius 3 is 2.09 bits per heavy atom. The van der Waals surface area contributed by atoms with Crippen molar-refractivity contribution in [1.29, 1.82) is 0 Å². The molecule has 2 unspecified atom stereocenters. The second kappa shape index (κ2) is 9.05. The van der Waals surface area contributed by atoms with Gasteiger partial charge in [-0.3, -0.25) is 9.59 Å². The lowest BCUT2D eigenvalue weighted by molar-refractivity contribution is -0.120. The fourth-order valence-electron chi connectivity index (χ4n) is 4.99. The molecule has 5 heteroatoms.